The molecule has 0 bridgehead atoms. The van der Waals surface area contributed by atoms with Crippen molar-refractivity contribution in [2.75, 3.05) is 25.9 Å². The molecule has 21 heavy (non-hydrogen) atoms. The number of carbonyl (C=O) groups excluding carboxylic acids is 1. The van der Waals surface area contributed by atoms with Crippen LogP contribution in [0.15, 0.2) is 24.3 Å². The van der Waals surface area contributed by atoms with Gasteiger partial charge in [0, 0.05) is 25.2 Å². The molecule has 0 aliphatic carbocycles. The predicted octanol–water partition coefficient (Wildman–Crippen LogP) is 1.40. The second kappa shape index (κ2) is 6.58. The van der Waals surface area contributed by atoms with Gasteiger partial charge in [0.1, 0.15) is 0 Å². The van der Waals surface area contributed by atoms with E-state index in [0.717, 1.165) is 18.4 Å². The van der Waals surface area contributed by atoms with E-state index < -0.39 is 10.0 Å². The first-order valence-electron chi connectivity index (χ1n) is 7.17. The van der Waals surface area contributed by atoms with Crippen LogP contribution in [0.3, 0.4) is 0 Å². The van der Waals surface area contributed by atoms with Crippen LogP contribution < -0.4 is 5.32 Å². The van der Waals surface area contributed by atoms with Crippen molar-refractivity contribution in [1.29, 1.82) is 0 Å². The molecule has 1 aliphatic heterocycles. The Hall–Kier alpha value is -1.40. The van der Waals surface area contributed by atoms with Gasteiger partial charge < -0.3 is 5.32 Å². The Morgan fingerprint density at radius 1 is 1.29 bits per heavy atom. The molecular weight excluding hydrogens is 288 g/mol. The summed E-state index contributed by atoms with van der Waals surface area (Å²) in [6.45, 7) is 3.61. The van der Waals surface area contributed by atoms with E-state index in [1.54, 1.807) is 0 Å². The van der Waals surface area contributed by atoms with E-state index in [1.165, 1.54) is 10.6 Å². The van der Waals surface area contributed by atoms with Crippen molar-refractivity contribution in [2.45, 2.75) is 19.8 Å². The highest BCUT2D eigenvalue weighted by atomic mass is 32.2. The van der Waals surface area contributed by atoms with Crippen LogP contribution in [-0.2, 0) is 10.0 Å². The number of amides is 1. The topological polar surface area (TPSA) is 66.5 Å². The normalized spacial score (nSPS) is 17.6. The number of nitrogens with zero attached hydrogens (tertiary/aromatic N) is 1. The van der Waals surface area contributed by atoms with E-state index in [9.17, 15) is 13.2 Å². The van der Waals surface area contributed by atoms with E-state index >= 15 is 0 Å². The molecule has 116 valence electrons. The fourth-order valence-corrected chi connectivity index (χ4v) is 3.48. The number of hydrogen-bond donors (Lipinski definition) is 1. The smallest absolute Gasteiger partial charge is 0.251 e. The molecule has 1 saturated heterocycles. The molecule has 0 unspecified atom stereocenters. The van der Waals surface area contributed by atoms with Crippen LogP contribution in [-0.4, -0.2) is 44.5 Å². The standard InChI is InChI=1S/C15H22N2O3S/c1-12-5-3-4-6-14(12)15(18)16-11-13-7-9-17(10-8-13)21(2,19)20/h3-6,13H,7-11H2,1-2H3,(H,16,18). The van der Waals surface area contributed by atoms with Crippen molar-refractivity contribution in [1.82, 2.24) is 9.62 Å². The molecule has 0 saturated carbocycles. The lowest BCUT2D eigenvalue weighted by Gasteiger charge is -2.30. The number of piperidine rings is 1. The van der Waals surface area contributed by atoms with Crippen LogP contribution in [0.4, 0.5) is 0 Å². The van der Waals surface area contributed by atoms with E-state index in [2.05, 4.69) is 5.32 Å². The lowest BCUT2D eigenvalue weighted by molar-refractivity contribution is 0.0941. The summed E-state index contributed by atoms with van der Waals surface area (Å²) in [6, 6.07) is 7.50. The fraction of sp³-hybridized carbons (Fsp3) is 0.533. The Morgan fingerprint density at radius 2 is 1.90 bits per heavy atom. The van der Waals surface area contributed by atoms with Crippen molar-refractivity contribution in [3.05, 3.63) is 35.4 Å². The number of rotatable bonds is 4. The maximum Gasteiger partial charge on any atom is 0.251 e. The van der Waals surface area contributed by atoms with Crippen LogP contribution in [0.2, 0.25) is 0 Å². The maximum atomic E-state index is 12.1. The van der Waals surface area contributed by atoms with Gasteiger partial charge in [-0.2, -0.15) is 0 Å². The zero-order chi connectivity index (χ0) is 15.5. The highest BCUT2D eigenvalue weighted by Crippen LogP contribution is 2.18. The van der Waals surface area contributed by atoms with E-state index in [4.69, 9.17) is 0 Å². The molecule has 1 aliphatic rings. The lowest BCUT2D eigenvalue weighted by atomic mass is 9.98. The van der Waals surface area contributed by atoms with E-state index in [0.29, 0.717) is 31.1 Å². The predicted molar refractivity (Wildman–Crippen MR) is 82.7 cm³/mol. The summed E-state index contributed by atoms with van der Waals surface area (Å²) in [7, 11) is -3.08. The summed E-state index contributed by atoms with van der Waals surface area (Å²) < 4.78 is 24.4. The molecule has 1 aromatic rings. The summed E-state index contributed by atoms with van der Waals surface area (Å²) in [5.41, 5.74) is 1.66. The third kappa shape index (κ3) is 4.28. The summed E-state index contributed by atoms with van der Waals surface area (Å²) in [5, 5.41) is 2.96. The van der Waals surface area contributed by atoms with Gasteiger partial charge >= 0.3 is 0 Å². The minimum Gasteiger partial charge on any atom is -0.352 e. The van der Waals surface area contributed by atoms with Gasteiger partial charge in [-0.3, -0.25) is 4.79 Å². The van der Waals surface area contributed by atoms with E-state index in [1.807, 2.05) is 31.2 Å². The van der Waals surface area contributed by atoms with Gasteiger partial charge in [-0.25, -0.2) is 12.7 Å². The summed E-state index contributed by atoms with van der Waals surface area (Å²) in [4.78, 5) is 12.1. The average Bonchev–Trinajstić information content (AvgIpc) is 2.45. The lowest BCUT2D eigenvalue weighted by Crippen LogP contribution is -2.41. The van der Waals surface area contributed by atoms with Gasteiger partial charge in [0.05, 0.1) is 6.26 Å². The largest absolute Gasteiger partial charge is 0.352 e. The molecular formula is C15H22N2O3S. The quantitative estimate of drug-likeness (QED) is 0.914. The zero-order valence-electron chi connectivity index (χ0n) is 12.5. The third-order valence-electron chi connectivity index (χ3n) is 3.98. The first kappa shape index (κ1) is 16.0. The van der Waals surface area contributed by atoms with Crippen LogP contribution in [0.1, 0.15) is 28.8 Å². The first-order valence-corrected chi connectivity index (χ1v) is 9.01. The van der Waals surface area contributed by atoms with Gasteiger partial charge in [0.25, 0.3) is 5.91 Å². The molecule has 0 atom stereocenters. The van der Waals surface area contributed by atoms with Gasteiger partial charge in [-0.05, 0) is 37.3 Å². The third-order valence-corrected chi connectivity index (χ3v) is 5.29. The van der Waals surface area contributed by atoms with Crippen LogP contribution in [0, 0.1) is 12.8 Å². The highest BCUT2D eigenvalue weighted by molar-refractivity contribution is 7.88. The molecule has 0 spiro atoms. The number of sulfonamides is 1. The Bertz CT molecular complexity index is 605. The fourth-order valence-electron chi connectivity index (χ4n) is 2.60. The molecule has 1 amide bonds. The summed E-state index contributed by atoms with van der Waals surface area (Å²) in [6.07, 6.45) is 2.83. The highest BCUT2D eigenvalue weighted by Gasteiger charge is 2.25. The van der Waals surface area contributed by atoms with Crippen molar-refractivity contribution >= 4 is 15.9 Å². The van der Waals surface area contributed by atoms with Crippen LogP contribution in [0.5, 0.6) is 0 Å². The number of hydrogen-bond acceptors (Lipinski definition) is 3. The molecule has 1 N–H and O–H groups in total. The van der Waals surface area contributed by atoms with Gasteiger partial charge in [0.2, 0.25) is 10.0 Å². The summed E-state index contributed by atoms with van der Waals surface area (Å²) in [5.74, 6) is 0.287. The number of carbonyl (C=O) groups is 1. The molecule has 1 fully saturated rings. The zero-order valence-corrected chi connectivity index (χ0v) is 13.3. The van der Waals surface area contributed by atoms with Crippen molar-refractivity contribution in [3.8, 4) is 0 Å². The molecule has 0 radical (unpaired) electrons. The number of nitrogens with one attached hydrogen (secondary N) is 1. The minimum absolute atomic E-state index is 0.0568. The average molecular weight is 310 g/mol. The second-order valence-corrected chi connectivity index (χ2v) is 7.61. The molecule has 1 heterocycles. The monoisotopic (exact) mass is 310 g/mol. The molecule has 2 rings (SSSR count). The van der Waals surface area contributed by atoms with Crippen molar-refractivity contribution in [3.63, 3.8) is 0 Å². The van der Waals surface area contributed by atoms with E-state index in [-0.39, 0.29) is 5.91 Å². The van der Waals surface area contributed by atoms with Gasteiger partial charge in [0.15, 0.2) is 0 Å². The Balaban J connectivity index is 1.83. The molecule has 6 heteroatoms. The van der Waals surface area contributed by atoms with Crippen LogP contribution in [0.25, 0.3) is 0 Å². The van der Waals surface area contributed by atoms with Gasteiger partial charge in [-0.15, -0.1) is 0 Å². The number of aryl methyl sites for hydroxylation is 1. The van der Waals surface area contributed by atoms with Crippen molar-refractivity contribution < 1.29 is 13.2 Å². The SMILES string of the molecule is Cc1ccccc1C(=O)NCC1CCN(S(C)(=O)=O)CC1. The molecule has 0 aromatic heterocycles. The maximum absolute atomic E-state index is 12.1. The number of benzene rings is 1. The Kier molecular flexibility index (Phi) is 5.00. The minimum atomic E-state index is -3.08. The van der Waals surface area contributed by atoms with Crippen molar-refractivity contribution in [2.24, 2.45) is 5.92 Å². The Morgan fingerprint density at radius 3 is 2.48 bits per heavy atom. The van der Waals surface area contributed by atoms with Gasteiger partial charge in [-0.1, -0.05) is 18.2 Å². The second-order valence-electron chi connectivity index (χ2n) is 5.63. The Labute approximate surface area is 126 Å². The van der Waals surface area contributed by atoms with Crippen LogP contribution >= 0.6 is 0 Å². The summed E-state index contributed by atoms with van der Waals surface area (Å²) >= 11 is 0. The first-order chi connectivity index (χ1) is 9.88. The molecule has 1 aromatic carbocycles. The molecule has 5 nitrogen and oxygen atoms in total.